The van der Waals surface area contributed by atoms with Crippen molar-refractivity contribution in [1.29, 1.82) is 0 Å². The Hall–Kier alpha value is -0.640. The topological polar surface area (TPSA) is 134 Å². The highest BCUT2D eigenvalue weighted by molar-refractivity contribution is 8.00. The van der Waals surface area contributed by atoms with Crippen molar-refractivity contribution in [2.24, 2.45) is 11.3 Å². The highest BCUT2D eigenvalue weighted by Crippen LogP contribution is 2.45. The predicted molar refractivity (Wildman–Crippen MR) is 119 cm³/mol. The van der Waals surface area contributed by atoms with Crippen LogP contribution in [-0.2, 0) is 23.2 Å². The van der Waals surface area contributed by atoms with E-state index in [9.17, 15) is 24.2 Å². The fraction of sp³-hybridized carbons (Fsp3) is 0.895. The molecule has 0 rings (SSSR count). The minimum absolute atomic E-state index is 0.0490. The lowest BCUT2D eigenvalue weighted by Gasteiger charge is -2.29. The van der Waals surface area contributed by atoms with Crippen LogP contribution in [0.15, 0.2) is 0 Å². The molecule has 0 fully saturated rings. The molecule has 11 heteroatoms. The second kappa shape index (κ2) is 13.0. The SMILES string of the molecule is CC(C)COP(=O)(O)OCC(C)(C)C(O)C(=O)NCCC(=O)NCCSC(C)(C)C. The fourth-order valence-corrected chi connectivity index (χ4v) is 3.87. The first-order valence-electron chi connectivity index (χ1n) is 10.0. The molecule has 4 N–H and O–H groups in total. The molecule has 0 saturated heterocycles. The molecule has 0 spiro atoms. The zero-order valence-electron chi connectivity index (χ0n) is 19.2. The summed E-state index contributed by atoms with van der Waals surface area (Å²) in [6.45, 7) is 13.3. The third kappa shape index (κ3) is 14.4. The summed E-state index contributed by atoms with van der Waals surface area (Å²) in [5, 5.41) is 15.5. The maximum atomic E-state index is 12.2. The van der Waals surface area contributed by atoms with Crippen molar-refractivity contribution in [3.63, 3.8) is 0 Å². The van der Waals surface area contributed by atoms with Crippen LogP contribution in [0.4, 0.5) is 0 Å². The van der Waals surface area contributed by atoms with E-state index in [1.54, 1.807) is 11.8 Å². The summed E-state index contributed by atoms with van der Waals surface area (Å²) < 4.78 is 21.7. The van der Waals surface area contributed by atoms with Crippen LogP contribution in [0.5, 0.6) is 0 Å². The van der Waals surface area contributed by atoms with Gasteiger partial charge in [0, 0.05) is 35.4 Å². The molecule has 2 unspecified atom stereocenters. The van der Waals surface area contributed by atoms with E-state index < -0.39 is 25.2 Å². The molecule has 2 amide bonds. The van der Waals surface area contributed by atoms with E-state index >= 15 is 0 Å². The highest BCUT2D eigenvalue weighted by Gasteiger charge is 2.36. The number of nitrogens with one attached hydrogen (secondary N) is 2. The highest BCUT2D eigenvalue weighted by atomic mass is 32.2. The monoisotopic (exact) mass is 470 g/mol. The molecule has 9 nitrogen and oxygen atoms in total. The van der Waals surface area contributed by atoms with Crippen LogP contribution < -0.4 is 10.6 Å². The van der Waals surface area contributed by atoms with Crippen LogP contribution in [0.3, 0.4) is 0 Å². The van der Waals surface area contributed by atoms with Gasteiger partial charge in [0.05, 0.1) is 13.2 Å². The lowest BCUT2D eigenvalue weighted by molar-refractivity contribution is -0.137. The summed E-state index contributed by atoms with van der Waals surface area (Å²) >= 11 is 1.75. The Morgan fingerprint density at radius 1 is 1.07 bits per heavy atom. The number of rotatable bonds is 14. The van der Waals surface area contributed by atoms with Gasteiger partial charge in [-0.05, 0) is 5.92 Å². The molecule has 0 heterocycles. The molecule has 0 radical (unpaired) electrons. The number of thioether (sulfide) groups is 1. The Morgan fingerprint density at radius 2 is 1.67 bits per heavy atom. The zero-order chi connectivity index (χ0) is 23.6. The number of phosphoric acid groups is 1. The number of carbonyl (C=O) groups is 2. The van der Waals surface area contributed by atoms with Crippen LogP contribution >= 0.6 is 19.6 Å². The van der Waals surface area contributed by atoms with E-state index in [4.69, 9.17) is 9.05 Å². The third-order valence-corrected chi connectivity index (χ3v) is 5.97. The van der Waals surface area contributed by atoms with Gasteiger partial charge in [-0.15, -0.1) is 0 Å². The van der Waals surface area contributed by atoms with E-state index in [-0.39, 0.29) is 42.8 Å². The summed E-state index contributed by atoms with van der Waals surface area (Å²) in [4.78, 5) is 33.6. The molecule has 0 aliphatic heterocycles. The minimum Gasteiger partial charge on any atom is -0.383 e. The summed E-state index contributed by atoms with van der Waals surface area (Å²) in [5.74, 6) is -0.0294. The second-order valence-corrected chi connectivity index (χ2v) is 12.5. The molecule has 0 aromatic rings. The molecule has 0 aliphatic carbocycles. The van der Waals surface area contributed by atoms with Gasteiger partial charge in [-0.2, -0.15) is 11.8 Å². The Bertz CT molecular complexity index is 594. The van der Waals surface area contributed by atoms with Crippen LogP contribution in [0, 0.1) is 11.3 Å². The fourth-order valence-electron chi connectivity index (χ4n) is 1.99. The van der Waals surface area contributed by atoms with Crippen LogP contribution in [0.1, 0.15) is 54.9 Å². The smallest absolute Gasteiger partial charge is 0.383 e. The van der Waals surface area contributed by atoms with E-state index in [1.807, 2.05) is 13.8 Å². The number of aliphatic hydroxyl groups excluding tert-OH is 1. The number of carbonyl (C=O) groups excluding carboxylic acids is 2. The quantitative estimate of drug-likeness (QED) is 0.224. The molecule has 30 heavy (non-hydrogen) atoms. The van der Waals surface area contributed by atoms with Crippen LogP contribution in [-0.4, -0.2) is 64.7 Å². The average Bonchev–Trinajstić information content (AvgIpc) is 2.61. The first-order chi connectivity index (χ1) is 13.6. The van der Waals surface area contributed by atoms with Crippen molar-refractivity contribution in [1.82, 2.24) is 10.6 Å². The Morgan fingerprint density at radius 3 is 2.20 bits per heavy atom. The van der Waals surface area contributed by atoms with E-state index in [1.165, 1.54) is 13.8 Å². The van der Waals surface area contributed by atoms with Crippen molar-refractivity contribution < 1.29 is 33.2 Å². The van der Waals surface area contributed by atoms with E-state index in [0.717, 1.165) is 5.75 Å². The van der Waals surface area contributed by atoms with Crippen molar-refractivity contribution in [2.75, 3.05) is 32.1 Å². The predicted octanol–water partition coefficient (Wildman–Crippen LogP) is 2.32. The summed E-state index contributed by atoms with van der Waals surface area (Å²) in [6, 6.07) is 0. The molecule has 0 aliphatic rings. The Labute approximate surface area is 184 Å². The second-order valence-electron chi connectivity index (χ2n) is 9.17. The largest absolute Gasteiger partial charge is 0.472 e. The zero-order valence-corrected chi connectivity index (χ0v) is 20.9. The minimum atomic E-state index is -4.27. The van der Waals surface area contributed by atoms with Gasteiger partial charge >= 0.3 is 7.82 Å². The summed E-state index contributed by atoms with van der Waals surface area (Å²) in [5.41, 5.74) is -1.14. The van der Waals surface area contributed by atoms with E-state index in [0.29, 0.717) is 6.54 Å². The van der Waals surface area contributed by atoms with Gasteiger partial charge in [0.1, 0.15) is 6.10 Å². The third-order valence-electron chi connectivity index (χ3n) is 3.77. The standard InChI is InChI=1S/C19H39N2O7PS/c1-14(2)12-27-29(25,26)28-13-19(6,7)16(23)17(24)21-9-8-15(22)20-10-11-30-18(3,4)5/h14,16,23H,8-13H2,1-7H3,(H,20,22)(H,21,24)(H,25,26). The number of aliphatic hydroxyl groups is 1. The van der Waals surface area contributed by atoms with Gasteiger partial charge in [0.15, 0.2) is 0 Å². The van der Waals surface area contributed by atoms with Crippen molar-refractivity contribution in [3.05, 3.63) is 0 Å². The van der Waals surface area contributed by atoms with Gasteiger partial charge in [-0.25, -0.2) is 4.57 Å². The first kappa shape index (κ1) is 29.4. The van der Waals surface area contributed by atoms with Crippen LogP contribution in [0.2, 0.25) is 0 Å². The molecule has 0 aromatic heterocycles. The van der Waals surface area contributed by atoms with Gasteiger partial charge < -0.3 is 20.6 Å². The number of amides is 2. The first-order valence-corrected chi connectivity index (χ1v) is 12.5. The maximum Gasteiger partial charge on any atom is 0.472 e. The Balaban J connectivity index is 4.28. The number of hydrogen-bond donors (Lipinski definition) is 4. The average molecular weight is 471 g/mol. The lowest BCUT2D eigenvalue weighted by atomic mass is 9.87. The molecular formula is C19H39N2O7PS. The van der Waals surface area contributed by atoms with Crippen LogP contribution in [0.25, 0.3) is 0 Å². The summed E-state index contributed by atoms with van der Waals surface area (Å²) in [7, 11) is -4.27. The van der Waals surface area contributed by atoms with Crippen molar-refractivity contribution >= 4 is 31.4 Å². The summed E-state index contributed by atoms with van der Waals surface area (Å²) in [6.07, 6.45) is -1.40. The van der Waals surface area contributed by atoms with Crippen molar-refractivity contribution in [3.8, 4) is 0 Å². The number of phosphoric ester groups is 1. The van der Waals surface area contributed by atoms with Gasteiger partial charge in [0.25, 0.3) is 0 Å². The van der Waals surface area contributed by atoms with Gasteiger partial charge in [-0.1, -0.05) is 48.5 Å². The molecule has 0 aromatic carbocycles. The molecule has 178 valence electrons. The maximum absolute atomic E-state index is 12.2. The van der Waals surface area contributed by atoms with Gasteiger partial charge in [0.2, 0.25) is 11.8 Å². The molecular weight excluding hydrogens is 431 g/mol. The van der Waals surface area contributed by atoms with Gasteiger partial charge in [-0.3, -0.25) is 18.6 Å². The van der Waals surface area contributed by atoms with Crippen molar-refractivity contribution in [2.45, 2.75) is 65.7 Å². The normalized spacial score (nSPS) is 15.5. The number of hydrogen-bond acceptors (Lipinski definition) is 7. The molecule has 0 bridgehead atoms. The molecule has 2 atom stereocenters. The Kier molecular flexibility index (Phi) is 12.8. The lowest BCUT2D eigenvalue weighted by Crippen LogP contribution is -2.46. The van der Waals surface area contributed by atoms with E-state index in [2.05, 4.69) is 31.4 Å². The molecule has 0 saturated carbocycles.